The zero-order valence-electron chi connectivity index (χ0n) is 8.35. The molecule has 0 aromatic rings. The van der Waals surface area contributed by atoms with Crippen LogP contribution in [0.2, 0.25) is 0 Å². The fourth-order valence-corrected chi connectivity index (χ4v) is 1.56. The molecule has 2 N–H and O–H groups in total. The Hall–Kier alpha value is -0.650. The lowest BCUT2D eigenvalue weighted by Gasteiger charge is -2.31. The van der Waals surface area contributed by atoms with Crippen LogP contribution in [0.15, 0.2) is 0 Å². The van der Waals surface area contributed by atoms with Crippen LogP contribution >= 0.6 is 0 Å². The second-order valence-corrected chi connectivity index (χ2v) is 3.52. The third-order valence-corrected chi connectivity index (χ3v) is 2.37. The van der Waals surface area contributed by atoms with Gasteiger partial charge >= 0.3 is 0 Å². The third-order valence-electron chi connectivity index (χ3n) is 2.37. The summed E-state index contributed by atoms with van der Waals surface area (Å²) in [5.41, 5.74) is 0. The summed E-state index contributed by atoms with van der Waals surface area (Å²) in [6.07, 6.45) is 0.187. The summed E-state index contributed by atoms with van der Waals surface area (Å²) in [5.74, 6) is 0.0886. The molecule has 5 heteroatoms. The van der Waals surface area contributed by atoms with Gasteiger partial charge in [0, 0.05) is 20.0 Å². The summed E-state index contributed by atoms with van der Waals surface area (Å²) < 4.78 is 5.23. The fraction of sp³-hybridized carbons (Fsp3) is 0.889. The van der Waals surface area contributed by atoms with Crippen molar-refractivity contribution < 1.29 is 19.7 Å². The molecule has 14 heavy (non-hydrogen) atoms. The second kappa shape index (κ2) is 5.29. The summed E-state index contributed by atoms with van der Waals surface area (Å²) in [6, 6.07) is 0. The first-order chi connectivity index (χ1) is 6.59. The Bertz CT molecular complexity index is 187. The van der Waals surface area contributed by atoms with Crippen LogP contribution in [0.1, 0.15) is 19.8 Å². The van der Waals surface area contributed by atoms with Crippen molar-refractivity contribution in [1.29, 1.82) is 0 Å². The number of piperidine rings is 1. The summed E-state index contributed by atoms with van der Waals surface area (Å²) in [5, 5.41) is 17.2. The van der Waals surface area contributed by atoms with E-state index in [9.17, 15) is 4.79 Å². The molecule has 1 heterocycles. The van der Waals surface area contributed by atoms with Gasteiger partial charge < -0.3 is 19.8 Å². The summed E-state index contributed by atoms with van der Waals surface area (Å²) in [4.78, 5) is 12.7. The summed E-state index contributed by atoms with van der Waals surface area (Å²) in [6.45, 7) is 2.90. The maximum Gasteiger partial charge on any atom is 0.219 e. The van der Waals surface area contributed by atoms with Gasteiger partial charge in [-0.15, -0.1) is 0 Å². The molecule has 0 bridgehead atoms. The number of rotatable bonds is 3. The topological polar surface area (TPSA) is 70.0 Å². The van der Waals surface area contributed by atoms with Crippen molar-refractivity contribution in [1.82, 2.24) is 4.90 Å². The maximum atomic E-state index is 11.0. The Morgan fingerprint density at radius 2 is 2.07 bits per heavy atom. The molecular formula is C9H17NO4. The van der Waals surface area contributed by atoms with Gasteiger partial charge in [0.1, 0.15) is 0 Å². The number of aliphatic hydroxyl groups is 2. The van der Waals surface area contributed by atoms with Crippen LogP contribution in [0.3, 0.4) is 0 Å². The van der Waals surface area contributed by atoms with Gasteiger partial charge in [-0.3, -0.25) is 4.79 Å². The van der Waals surface area contributed by atoms with Gasteiger partial charge in [0.15, 0.2) is 6.29 Å². The standard InChI is InChI=1S/C9H17NO4/c1-7(11)10-4-2-8(3-5-10)14-6-9(12)13/h8-9,12-13H,2-6H2,1H3. The maximum absolute atomic E-state index is 11.0. The highest BCUT2D eigenvalue weighted by Crippen LogP contribution is 2.13. The predicted molar refractivity (Wildman–Crippen MR) is 49.5 cm³/mol. The SMILES string of the molecule is CC(=O)N1CCC(OCC(O)O)CC1. The van der Waals surface area contributed by atoms with Crippen LogP contribution in [-0.2, 0) is 9.53 Å². The van der Waals surface area contributed by atoms with Gasteiger partial charge in [0.25, 0.3) is 0 Å². The first-order valence-corrected chi connectivity index (χ1v) is 4.83. The average molecular weight is 203 g/mol. The zero-order valence-corrected chi connectivity index (χ0v) is 8.35. The molecule has 82 valence electrons. The molecule has 1 aliphatic rings. The second-order valence-electron chi connectivity index (χ2n) is 3.52. The average Bonchev–Trinajstić information content (AvgIpc) is 2.15. The van der Waals surface area contributed by atoms with Crippen molar-refractivity contribution >= 4 is 5.91 Å². The summed E-state index contributed by atoms with van der Waals surface area (Å²) >= 11 is 0. The highest BCUT2D eigenvalue weighted by Gasteiger charge is 2.21. The molecule has 1 fully saturated rings. The summed E-state index contributed by atoms with van der Waals surface area (Å²) in [7, 11) is 0. The van der Waals surface area contributed by atoms with E-state index in [4.69, 9.17) is 14.9 Å². The molecule has 1 amide bonds. The molecule has 0 saturated carbocycles. The molecular weight excluding hydrogens is 186 g/mol. The van der Waals surface area contributed by atoms with E-state index in [-0.39, 0.29) is 18.6 Å². The van der Waals surface area contributed by atoms with E-state index < -0.39 is 6.29 Å². The number of carbonyl (C=O) groups excluding carboxylic acids is 1. The zero-order chi connectivity index (χ0) is 10.6. The molecule has 1 saturated heterocycles. The number of ether oxygens (including phenoxy) is 1. The van der Waals surface area contributed by atoms with Crippen molar-refractivity contribution in [3.05, 3.63) is 0 Å². The van der Waals surface area contributed by atoms with Gasteiger partial charge in [0.2, 0.25) is 5.91 Å². The molecule has 0 spiro atoms. The molecule has 0 aromatic heterocycles. The number of hydrogen-bond donors (Lipinski definition) is 2. The number of carbonyl (C=O) groups is 1. The van der Waals surface area contributed by atoms with Crippen LogP contribution in [0.5, 0.6) is 0 Å². The monoisotopic (exact) mass is 203 g/mol. The lowest BCUT2D eigenvalue weighted by molar-refractivity contribution is -0.136. The minimum absolute atomic E-state index is 0.0485. The quantitative estimate of drug-likeness (QED) is 0.596. The predicted octanol–water partition coefficient (Wildman–Crippen LogP) is -0.675. The van der Waals surface area contributed by atoms with E-state index in [1.165, 1.54) is 0 Å². The normalized spacial score (nSPS) is 19.0. The van der Waals surface area contributed by atoms with Crippen molar-refractivity contribution in [2.24, 2.45) is 0 Å². The molecule has 0 radical (unpaired) electrons. The Morgan fingerprint density at radius 1 is 1.50 bits per heavy atom. The van der Waals surface area contributed by atoms with Crippen molar-refractivity contribution in [2.75, 3.05) is 19.7 Å². The minimum Gasteiger partial charge on any atom is -0.373 e. The van der Waals surface area contributed by atoms with Crippen LogP contribution in [0, 0.1) is 0 Å². The lowest BCUT2D eigenvalue weighted by atomic mass is 10.1. The smallest absolute Gasteiger partial charge is 0.219 e. The van der Waals surface area contributed by atoms with E-state index in [0.717, 1.165) is 12.8 Å². The molecule has 1 rings (SSSR count). The van der Waals surface area contributed by atoms with Crippen LogP contribution in [0.25, 0.3) is 0 Å². The Kier molecular flexibility index (Phi) is 4.31. The van der Waals surface area contributed by atoms with Gasteiger partial charge in [-0.1, -0.05) is 0 Å². The highest BCUT2D eigenvalue weighted by atomic mass is 16.5. The molecule has 0 aromatic carbocycles. The Labute approximate surface area is 83.3 Å². The first kappa shape index (κ1) is 11.4. The molecule has 0 unspecified atom stereocenters. The number of amides is 1. The first-order valence-electron chi connectivity index (χ1n) is 4.83. The van der Waals surface area contributed by atoms with Crippen molar-refractivity contribution in [3.8, 4) is 0 Å². The van der Waals surface area contributed by atoms with Crippen LogP contribution < -0.4 is 0 Å². The Balaban J connectivity index is 2.19. The third kappa shape index (κ3) is 3.61. The number of likely N-dealkylation sites (tertiary alicyclic amines) is 1. The van der Waals surface area contributed by atoms with E-state index in [0.29, 0.717) is 13.1 Å². The molecule has 1 aliphatic heterocycles. The number of nitrogens with zero attached hydrogens (tertiary/aromatic N) is 1. The minimum atomic E-state index is -1.40. The largest absolute Gasteiger partial charge is 0.373 e. The van der Waals surface area contributed by atoms with E-state index >= 15 is 0 Å². The van der Waals surface area contributed by atoms with E-state index in [1.807, 2.05) is 0 Å². The van der Waals surface area contributed by atoms with Crippen molar-refractivity contribution in [2.45, 2.75) is 32.2 Å². The molecule has 0 atom stereocenters. The van der Waals surface area contributed by atoms with E-state index in [2.05, 4.69) is 0 Å². The number of aliphatic hydroxyl groups excluding tert-OH is 1. The van der Waals surface area contributed by atoms with Gasteiger partial charge in [-0.05, 0) is 12.8 Å². The lowest BCUT2D eigenvalue weighted by Crippen LogP contribution is -2.40. The number of hydrogen-bond acceptors (Lipinski definition) is 4. The molecule has 0 aliphatic carbocycles. The van der Waals surface area contributed by atoms with Gasteiger partial charge in [-0.2, -0.15) is 0 Å². The van der Waals surface area contributed by atoms with Crippen LogP contribution in [0.4, 0.5) is 0 Å². The fourth-order valence-electron chi connectivity index (χ4n) is 1.56. The van der Waals surface area contributed by atoms with Crippen molar-refractivity contribution in [3.63, 3.8) is 0 Å². The highest BCUT2D eigenvalue weighted by molar-refractivity contribution is 5.73. The van der Waals surface area contributed by atoms with Gasteiger partial charge in [0.05, 0.1) is 12.7 Å². The van der Waals surface area contributed by atoms with Gasteiger partial charge in [-0.25, -0.2) is 0 Å². The van der Waals surface area contributed by atoms with E-state index in [1.54, 1.807) is 11.8 Å². The molecule has 5 nitrogen and oxygen atoms in total. The Morgan fingerprint density at radius 3 is 2.50 bits per heavy atom. The van der Waals surface area contributed by atoms with Crippen LogP contribution in [-0.4, -0.2) is 53.1 Å².